The maximum atomic E-state index is 12.5. The second-order valence-corrected chi connectivity index (χ2v) is 5.99. The molecule has 3 rings (SSSR count). The number of hydrogen-bond donors (Lipinski definition) is 0. The van der Waals surface area contributed by atoms with Gasteiger partial charge < -0.3 is 4.90 Å². The summed E-state index contributed by atoms with van der Waals surface area (Å²) >= 11 is 3.52. The standard InChI is InChI=1S/C15H18BrNO/c16-10-12-7-4-8-17(12)15(18)14-9-13(14)11-5-2-1-3-6-11/h1-3,5-6,12-14H,4,7-10H2. The van der Waals surface area contributed by atoms with Gasteiger partial charge in [0.2, 0.25) is 5.91 Å². The summed E-state index contributed by atoms with van der Waals surface area (Å²) < 4.78 is 0. The summed E-state index contributed by atoms with van der Waals surface area (Å²) in [5, 5.41) is 0.918. The van der Waals surface area contributed by atoms with Gasteiger partial charge in [-0.05, 0) is 30.7 Å². The van der Waals surface area contributed by atoms with Crippen LogP contribution in [0.1, 0.15) is 30.7 Å². The van der Waals surface area contributed by atoms with Crippen LogP contribution in [0.3, 0.4) is 0 Å². The van der Waals surface area contributed by atoms with E-state index in [0.717, 1.165) is 31.1 Å². The number of benzene rings is 1. The lowest BCUT2D eigenvalue weighted by molar-refractivity contribution is -0.133. The number of likely N-dealkylation sites (tertiary alicyclic amines) is 1. The smallest absolute Gasteiger partial charge is 0.226 e. The monoisotopic (exact) mass is 307 g/mol. The molecular weight excluding hydrogens is 290 g/mol. The van der Waals surface area contributed by atoms with Crippen molar-refractivity contribution in [3.8, 4) is 0 Å². The van der Waals surface area contributed by atoms with Gasteiger partial charge in [-0.2, -0.15) is 0 Å². The summed E-state index contributed by atoms with van der Waals surface area (Å²) in [6.45, 7) is 0.951. The molecule has 1 aromatic rings. The molecule has 18 heavy (non-hydrogen) atoms. The molecule has 3 unspecified atom stereocenters. The van der Waals surface area contributed by atoms with Crippen LogP contribution in [0.2, 0.25) is 0 Å². The highest BCUT2D eigenvalue weighted by atomic mass is 79.9. The Morgan fingerprint density at radius 3 is 2.83 bits per heavy atom. The van der Waals surface area contributed by atoms with Gasteiger partial charge >= 0.3 is 0 Å². The summed E-state index contributed by atoms with van der Waals surface area (Å²) in [6.07, 6.45) is 3.35. The Labute approximate surface area is 116 Å². The summed E-state index contributed by atoms with van der Waals surface area (Å²) in [6, 6.07) is 10.9. The van der Waals surface area contributed by atoms with Crippen molar-refractivity contribution in [3.05, 3.63) is 35.9 Å². The SMILES string of the molecule is O=C(C1CC1c1ccccc1)N1CCCC1CBr. The molecule has 2 fully saturated rings. The van der Waals surface area contributed by atoms with Crippen LogP contribution in [0.5, 0.6) is 0 Å². The zero-order valence-electron chi connectivity index (χ0n) is 10.4. The number of amides is 1. The molecule has 1 heterocycles. The highest BCUT2D eigenvalue weighted by molar-refractivity contribution is 9.09. The van der Waals surface area contributed by atoms with E-state index >= 15 is 0 Å². The molecule has 96 valence electrons. The maximum Gasteiger partial charge on any atom is 0.226 e. The number of halogens is 1. The summed E-state index contributed by atoms with van der Waals surface area (Å²) in [5.41, 5.74) is 1.32. The van der Waals surface area contributed by atoms with Crippen molar-refractivity contribution in [2.75, 3.05) is 11.9 Å². The summed E-state index contributed by atoms with van der Waals surface area (Å²) in [4.78, 5) is 14.6. The van der Waals surface area contributed by atoms with Crippen molar-refractivity contribution >= 4 is 21.8 Å². The number of carbonyl (C=O) groups is 1. The van der Waals surface area contributed by atoms with Crippen molar-refractivity contribution in [1.82, 2.24) is 4.90 Å². The minimum atomic E-state index is 0.243. The molecule has 0 bridgehead atoms. The predicted molar refractivity (Wildman–Crippen MR) is 75.8 cm³/mol. The molecule has 1 saturated heterocycles. The molecular formula is C15H18BrNO. The molecule has 2 nitrogen and oxygen atoms in total. The third kappa shape index (κ3) is 2.20. The van der Waals surface area contributed by atoms with E-state index in [-0.39, 0.29) is 5.92 Å². The van der Waals surface area contributed by atoms with E-state index in [1.807, 2.05) is 6.07 Å². The van der Waals surface area contributed by atoms with E-state index in [2.05, 4.69) is 45.1 Å². The molecule has 0 aromatic heterocycles. The van der Waals surface area contributed by atoms with Crippen LogP contribution in [0, 0.1) is 5.92 Å². The minimum absolute atomic E-state index is 0.243. The van der Waals surface area contributed by atoms with Gasteiger partial charge in [0, 0.05) is 23.8 Å². The average Bonchev–Trinajstić information content (AvgIpc) is 3.08. The van der Waals surface area contributed by atoms with E-state index in [1.54, 1.807) is 0 Å². The second kappa shape index (κ2) is 5.04. The van der Waals surface area contributed by atoms with Gasteiger partial charge in [-0.25, -0.2) is 0 Å². The van der Waals surface area contributed by atoms with Gasteiger partial charge in [0.15, 0.2) is 0 Å². The molecule has 1 saturated carbocycles. The lowest BCUT2D eigenvalue weighted by Crippen LogP contribution is -2.37. The van der Waals surface area contributed by atoms with Crippen LogP contribution in [0.15, 0.2) is 30.3 Å². The van der Waals surface area contributed by atoms with Crippen LogP contribution in [0.25, 0.3) is 0 Å². The van der Waals surface area contributed by atoms with Gasteiger partial charge in [-0.3, -0.25) is 4.79 Å². The fourth-order valence-electron chi connectivity index (χ4n) is 3.04. The number of rotatable bonds is 3. The fraction of sp³-hybridized carbons (Fsp3) is 0.533. The van der Waals surface area contributed by atoms with Gasteiger partial charge in [0.25, 0.3) is 0 Å². The Kier molecular flexibility index (Phi) is 3.42. The van der Waals surface area contributed by atoms with E-state index in [1.165, 1.54) is 5.56 Å². The van der Waals surface area contributed by atoms with Crippen LogP contribution < -0.4 is 0 Å². The number of nitrogens with zero attached hydrogens (tertiary/aromatic N) is 1. The van der Waals surface area contributed by atoms with E-state index in [4.69, 9.17) is 0 Å². The quantitative estimate of drug-likeness (QED) is 0.785. The zero-order valence-corrected chi connectivity index (χ0v) is 12.0. The third-order valence-electron chi connectivity index (χ3n) is 4.17. The van der Waals surface area contributed by atoms with Crippen molar-refractivity contribution in [2.24, 2.45) is 5.92 Å². The summed E-state index contributed by atoms with van der Waals surface area (Å²) in [7, 11) is 0. The zero-order chi connectivity index (χ0) is 12.5. The largest absolute Gasteiger partial charge is 0.339 e. The lowest BCUT2D eigenvalue weighted by Gasteiger charge is -2.23. The molecule has 1 aliphatic carbocycles. The van der Waals surface area contributed by atoms with Crippen LogP contribution >= 0.6 is 15.9 Å². The van der Waals surface area contributed by atoms with Crippen molar-refractivity contribution in [1.29, 1.82) is 0 Å². The first-order valence-corrected chi connectivity index (χ1v) is 7.85. The fourth-order valence-corrected chi connectivity index (χ4v) is 3.71. The van der Waals surface area contributed by atoms with Crippen molar-refractivity contribution in [3.63, 3.8) is 0 Å². The Morgan fingerprint density at radius 2 is 2.11 bits per heavy atom. The molecule has 0 spiro atoms. The first-order chi connectivity index (χ1) is 8.81. The van der Waals surface area contributed by atoms with E-state index in [9.17, 15) is 4.79 Å². The van der Waals surface area contributed by atoms with Crippen LogP contribution in [-0.2, 0) is 4.79 Å². The number of alkyl halides is 1. The van der Waals surface area contributed by atoms with E-state index < -0.39 is 0 Å². The highest BCUT2D eigenvalue weighted by Crippen LogP contribution is 2.49. The highest BCUT2D eigenvalue weighted by Gasteiger charge is 2.47. The van der Waals surface area contributed by atoms with Crippen molar-refractivity contribution < 1.29 is 4.79 Å². The van der Waals surface area contributed by atoms with Crippen molar-refractivity contribution in [2.45, 2.75) is 31.2 Å². The van der Waals surface area contributed by atoms with Gasteiger partial charge in [-0.1, -0.05) is 46.3 Å². The Hall–Kier alpha value is -0.830. The predicted octanol–water partition coefficient (Wildman–Crippen LogP) is 3.18. The number of carbonyl (C=O) groups excluding carboxylic acids is 1. The van der Waals surface area contributed by atoms with Crippen LogP contribution in [0.4, 0.5) is 0 Å². The van der Waals surface area contributed by atoms with Crippen LogP contribution in [-0.4, -0.2) is 28.7 Å². The molecule has 1 amide bonds. The molecule has 3 heteroatoms. The van der Waals surface area contributed by atoms with Gasteiger partial charge in [0.1, 0.15) is 0 Å². The Morgan fingerprint density at radius 1 is 1.33 bits per heavy atom. The maximum absolute atomic E-state index is 12.5. The molecule has 1 aromatic carbocycles. The molecule has 0 N–H and O–H groups in total. The second-order valence-electron chi connectivity index (χ2n) is 5.34. The first kappa shape index (κ1) is 12.2. The molecule has 2 aliphatic rings. The van der Waals surface area contributed by atoms with Gasteiger partial charge in [-0.15, -0.1) is 0 Å². The third-order valence-corrected chi connectivity index (χ3v) is 4.92. The number of hydrogen-bond acceptors (Lipinski definition) is 1. The molecule has 3 atom stereocenters. The van der Waals surface area contributed by atoms with Gasteiger partial charge in [0.05, 0.1) is 0 Å². The Bertz CT molecular complexity index is 433. The Balaban J connectivity index is 1.66. The minimum Gasteiger partial charge on any atom is -0.339 e. The average molecular weight is 308 g/mol. The normalized spacial score (nSPS) is 30.5. The molecule has 0 radical (unpaired) electrons. The molecule has 1 aliphatic heterocycles. The topological polar surface area (TPSA) is 20.3 Å². The van der Waals surface area contributed by atoms with E-state index in [0.29, 0.717) is 17.9 Å². The lowest BCUT2D eigenvalue weighted by atomic mass is 10.1. The first-order valence-electron chi connectivity index (χ1n) is 6.72. The summed E-state index contributed by atoms with van der Waals surface area (Å²) in [5.74, 6) is 1.09.